The standard InChI is InChI=1S/C15H16O2/c1-15(2,3)17-14-7-6-12-5-4-11(10-16)8-13(12)9-14/h4-10H,1-3H3. The molecule has 0 aliphatic carbocycles. The Hall–Kier alpha value is -1.83. The van der Waals surface area contributed by atoms with Crippen molar-refractivity contribution >= 4 is 17.1 Å². The van der Waals surface area contributed by atoms with Crippen molar-refractivity contribution in [3.8, 4) is 5.75 Å². The normalized spacial score (nSPS) is 11.5. The van der Waals surface area contributed by atoms with Crippen LogP contribution in [0.1, 0.15) is 31.1 Å². The van der Waals surface area contributed by atoms with Gasteiger partial charge in [-0.1, -0.05) is 18.2 Å². The third-order valence-corrected chi connectivity index (χ3v) is 2.40. The predicted octanol–water partition coefficient (Wildman–Crippen LogP) is 3.83. The second kappa shape index (κ2) is 4.21. The van der Waals surface area contributed by atoms with E-state index in [9.17, 15) is 4.79 Å². The van der Waals surface area contributed by atoms with Crippen molar-refractivity contribution in [3.63, 3.8) is 0 Å². The molecule has 2 aromatic carbocycles. The van der Waals surface area contributed by atoms with Crippen molar-refractivity contribution in [3.05, 3.63) is 42.0 Å². The van der Waals surface area contributed by atoms with Gasteiger partial charge in [-0.25, -0.2) is 0 Å². The van der Waals surface area contributed by atoms with Crippen LogP contribution in [0.3, 0.4) is 0 Å². The molecule has 0 radical (unpaired) electrons. The zero-order valence-corrected chi connectivity index (χ0v) is 10.4. The Balaban J connectivity index is 2.44. The fraction of sp³-hybridized carbons (Fsp3) is 0.267. The summed E-state index contributed by atoms with van der Waals surface area (Å²) in [6.07, 6.45) is 0.858. The maximum absolute atomic E-state index is 10.7. The number of carbonyl (C=O) groups is 1. The van der Waals surface area contributed by atoms with Gasteiger partial charge >= 0.3 is 0 Å². The first-order valence-corrected chi connectivity index (χ1v) is 5.66. The van der Waals surface area contributed by atoms with E-state index in [1.54, 1.807) is 0 Å². The Bertz CT molecular complexity index is 550. The summed E-state index contributed by atoms with van der Waals surface area (Å²) in [5, 5.41) is 2.13. The lowest BCUT2D eigenvalue weighted by Crippen LogP contribution is -2.22. The van der Waals surface area contributed by atoms with Gasteiger partial charge in [0, 0.05) is 5.56 Å². The first kappa shape index (κ1) is 11.6. The monoisotopic (exact) mass is 228 g/mol. The van der Waals surface area contributed by atoms with Crippen LogP contribution >= 0.6 is 0 Å². The summed E-state index contributed by atoms with van der Waals surface area (Å²) in [6, 6.07) is 11.6. The second-order valence-electron chi connectivity index (χ2n) is 5.10. The Morgan fingerprint density at radius 1 is 1.00 bits per heavy atom. The molecule has 0 heterocycles. The summed E-state index contributed by atoms with van der Waals surface area (Å²) in [6.45, 7) is 6.04. The highest BCUT2D eigenvalue weighted by Crippen LogP contribution is 2.24. The zero-order chi connectivity index (χ0) is 12.5. The smallest absolute Gasteiger partial charge is 0.150 e. The van der Waals surface area contributed by atoms with Crippen molar-refractivity contribution in [1.82, 2.24) is 0 Å². The first-order chi connectivity index (χ1) is 7.98. The van der Waals surface area contributed by atoms with E-state index >= 15 is 0 Å². The molecule has 0 N–H and O–H groups in total. The van der Waals surface area contributed by atoms with Crippen molar-refractivity contribution in [2.75, 3.05) is 0 Å². The summed E-state index contributed by atoms with van der Waals surface area (Å²) >= 11 is 0. The molecular formula is C15H16O2. The predicted molar refractivity (Wildman–Crippen MR) is 69.7 cm³/mol. The molecule has 0 fully saturated rings. The lowest BCUT2D eigenvalue weighted by Gasteiger charge is -2.21. The van der Waals surface area contributed by atoms with Crippen LogP contribution < -0.4 is 4.74 Å². The van der Waals surface area contributed by atoms with E-state index in [4.69, 9.17) is 4.74 Å². The van der Waals surface area contributed by atoms with E-state index in [1.165, 1.54) is 0 Å². The quantitative estimate of drug-likeness (QED) is 0.730. The summed E-state index contributed by atoms with van der Waals surface area (Å²) < 4.78 is 5.79. The van der Waals surface area contributed by atoms with Crippen LogP contribution in [0, 0.1) is 0 Å². The minimum absolute atomic E-state index is 0.212. The molecule has 0 bridgehead atoms. The van der Waals surface area contributed by atoms with Crippen LogP contribution in [-0.2, 0) is 0 Å². The molecule has 0 saturated heterocycles. The van der Waals surface area contributed by atoms with E-state index in [-0.39, 0.29) is 5.60 Å². The summed E-state index contributed by atoms with van der Waals surface area (Å²) in [4.78, 5) is 10.7. The average molecular weight is 228 g/mol. The van der Waals surface area contributed by atoms with Gasteiger partial charge in [0.1, 0.15) is 17.6 Å². The molecule has 0 unspecified atom stereocenters. The topological polar surface area (TPSA) is 26.3 Å². The second-order valence-corrected chi connectivity index (χ2v) is 5.10. The summed E-state index contributed by atoms with van der Waals surface area (Å²) in [7, 11) is 0. The molecule has 88 valence electrons. The Morgan fingerprint density at radius 3 is 2.35 bits per heavy atom. The number of carbonyl (C=O) groups excluding carboxylic acids is 1. The van der Waals surface area contributed by atoms with Gasteiger partial charge in [0.25, 0.3) is 0 Å². The molecule has 0 spiro atoms. The van der Waals surface area contributed by atoms with E-state index in [0.29, 0.717) is 5.56 Å². The largest absolute Gasteiger partial charge is 0.488 e. The number of ether oxygens (including phenoxy) is 1. The Kier molecular flexibility index (Phi) is 2.88. The van der Waals surface area contributed by atoms with Crippen LogP contribution in [0.4, 0.5) is 0 Å². The lowest BCUT2D eigenvalue weighted by molar-refractivity contribution is 0.112. The van der Waals surface area contributed by atoms with Gasteiger partial charge in [0.2, 0.25) is 0 Å². The molecule has 2 rings (SSSR count). The number of benzene rings is 2. The van der Waals surface area contributed by atoms with Gasteiger partial charge in [-0.2, -0.15) is 0 Å². The van der Waals surface area contributed by atoms with Gasteiger partial charge in [-0.15, -0.1) is 0 Å². The van der Waals surface area contributed by atoms with Crippen molar-refractivity contribution in [2.45, 2.75) is 26.4 Å². The fourth-order valence-corrected chi connectivity index (χ4v) is 1.73. The molecule has 2 heteroatoms. The number of rotatable bonds is 2. The van der Waals surface area contributed by atoms with Crippen molar-refractivity contribution in [1.29, 1.82) is 0 Å². The molecule has 2 aromatic rings. The molecule has 2 nitrogen and oxygen atoms in total. The Labute approximate surface area is 101 Å². The molecule has 0 saturated carbocycles. The van der Waals surface area contributed by atoms with Gasteiger partial charge in [-0.3, -0.25) is 4.79 Å². The zero-order valence-electron chi connectivity index (χ0n) is 10.4. The maximum atomic E-state index is 10.7. The van der Waals surface area contributed by atoms with E-state index in [1.807, 2.05) is 57.2 Å². The number of hydrogen-bond acceptors (Lipinski definition) is 2. The van der Waals surface area contributed by atoms with Crippen LogP contribution in [0.15, 0.2) is 36.4 Å². The van der Waals surface area contributed by atoms with Crippen LogP contribution in [0.5, 0.6) is 5.75 Å². The van der Waals surface area contributed by atoms with Crippen LogP contribution in [-0.4, -0.2) is 11.9 Å². The molecule has 0 aromatic heterocycles. The maximum Gasteiger partial charge on any atom is 0.150 e. The highest BCUT2D eigenvalue weighted by molar-refractivity contribution is 5.89. The molecule has 0 aliphatic heterocycles. The molecule has 17 heavy (non-hydrogen) atoms. The van der Waals surface area contributed by atoms with E-state index in [0.717, 1.165) is 22.8 Å². The molecular weight excluding hydrogens is 212 g/mol. The van der Waals surface area contributed by atoms with Gasteiger partial charge in [-0.05, 0) is 49.7 Å². The van der Waals surface area contributed by atoms with Gasteiger partial charge in [0.15, 0.2) is 0 Å². The van der Waals surface area contributed by atoms with Crippen LogP contribution in [0.2, 0.25) is 0 Å². The Morgan fingerprint density at radius 2 is 1.71 bits per heavy atom. The SMILES string of the molecule is CC(C)(C)Oc1ccc2ccc(C=O)cc2c1. The number of aldehydes is 1. The van der Waals surface area contributed by atoms with Crippen molar-refractivity contribution in [2.24, 2.45) is 0 Å². The lowest BCUT2D eigenvalue weighted by atomic mass is 10.1. The minimum atomic E-state index is -0.212. The van der Waals surface area contributed by atoms with E-state index < -0.39 is 0 Å². The summed E-state index contributed by atoms with van der Waals surface area (Å²) in [5.41, 5.74) is 0.473. The molecule has 0 aliphatic rings. The molecule has 0 atom stereocenters. The fourth-order valence-electron chi connectivity index (χ4n) is 1.73. The van der Waals surface area contributed by atoms with Gasteiger partial charge < -0.3 is 4.74 Å². The van der Waals surface area contributed by atoms with Gasteiger partial charge in [0.05, 0.1) is 0 Å². The first-order valence-electron chi connectivity index (χ1n) is 5.66. The summed E-state index contributed by atoms with van der Waals surface area (Å²) in [5.74, 6) is 0.827. The molecule has 0 amide bonds. The number of hydrogen-bond donors (Lipinski definition) is 0. The minimum Gasteiger partial charge on any atom is -0.488 e. The third kappa shape index (κ3) is 2.84. The third-order valence-electron chi connectivity index (χ3n) is 2.40. The highest BCUT2D eigenvalue weighted by Gasteiger charge is 2.11. The highest BCUT2D eigenvalue weighted by atomic mass is 16.5. The average Bonchev–Trinajstić information content (AvgIpc) is 2.26. The van der Waals surface area contributed by atoms with Crippen LogP contribution in [0.25, 0.3) is 10.8 Å². The number of fused-ring (bicyclic) bond motifs is 1. The van der Waals surface area contributed by atoms with Crippen molar-refractivity contribution < 1.29 is 9.53 Å². The van der Waals surface area contributed by atoms with E-state index in [2.05, 4.69) is 0 Å².